The number of nitrogens with zero attached hydrogens (tertiary/aromatic N) is 2. The van der Waals surface area contributed by atoms with Crippen LogP contribution in [0.25, 0.3) is 0 Å². The molecule has 1 heterocycles. The largest absolute Gasteiger partial charge is 0.376 e. The number of urea groups is 1. The number of hydrazine groups is 1. The van der Waals surface area contributed by atoms with Crippen LogP contribution in [0.3, 0.4) is 0 Å². The second-order valence-electron chi connectivity index (χ2n) is 8.51. The predicted molar refractivity (Wildman–Crippen MR) is 115 cm³/mol. The number of hydrogen-bond donors (Lipinski definition) is 3. The molecule has 1 aromatic carbocycles. The van der Waals surface area contributed by atoms with Crippen molar-refractivity contribution < 1.29 is 14.4 Å². The van der Waals surface area contributed by atoms with Crippen molar-refractivity contribution in [1.82, 2.24) is 20.7 Å². The number of hydrogen-bond acceptors (Lipinski definition) is 5. The van der Waals surface area contributed by atoms with Gasteiger partial charge in [-0.05, 0) is 44.9 Å². The molecule has 1 atom stereocenters. The van der Waals surface area contributed by atoms with Crippen molar-refractivity contribution in [2.45, 2.75) is 70.5 Å². The van der Waals surface area contributed by atoms with E-state index in [9.17, 15) is 14.4 Å². The highest BCUT2D eigenvalue weighted by Gasteiger charge is 2.47. The van der Waals surface area contributed by atoms with Gasteiger partial charge in [0.2, 0.25) is 0 Å². The third kappa shape index (κ3) is 4.92. The molecule has 4 amide bonds. The van der Waals surface area contributed by atoms with Crippen LogP contribution in [-0.2, 0) is 16.1 Å². The zero-order chi connectivity index (χ0) is 21.7. The fraction of sp³-hybridized carbons (Fsp3) is 0.591. The number of carbonyl (C=O) groups is 3. The van der Waals surface area contributed by atoms with E-state index >= 15 is 0 Å². The van der Waals surface area contributed by atoms with E-state index in [0.717, 1.165) is 22.8 Å². The minimum absolute atomic E-state index is 0.0376. The van der Waals surface area contributed by atoms with Crippen molar-refractivity contribution in [2.75, 3.05) is 18.9 Å². The Balaban J connectivity index is 1.56. The van der Waals surface area contributed by atoms with Crippen LogP contribution in [0.15, 0.2) is 24.3 Å². The first kappa shape index (κ1) is 22.1. The molecular weight excluding hydrogens is 382 g/mol. The van der Waals surface area contributed by atoms with Crippen LogP contribution in [0, 0.1) is 0 Å². The molecule has 8 nitrogen and oxygen atoms in total. The average molecular weight is 416 g/mol. The molecule has 30 heavy (non-hydrogen) atoms. The zero-order valence-corrected chi connectivity index (χ0v) is 18.2. The van der Waals surface area contributed by atoms with E-state index in [1.54, 1.807) is 6.92 Å². The molecule has 0 bridgehead atoms. The Morgan fingerprint density at radius 1 is 1.23 bits per heavy atom. The Morgan fingerprint density at radius 3 is 2.60 bits per heavy atom. The summed E-state index contributed by atoms with van der Waals surface area (Å²) >= 11 is 0. The van der Waals surface area contributed by atoms with Crippen molar-refractivity contribution in [3.8, 4) is 0 Å². The first-order valence-corrected chi connectivity index (χ1v) is 10.8. The summed E-state index contributed by atoms with van der Waals surface area (Å²) in [5.74, 6) is -0.896. The molecular formula is C22H33N5O3. The Bertz CT molecular complexity index is 793. The fourth-order valence-electron chi connectivity index (χ4n) is 4.12. The molecule has 1 unspecified atom stereocenters. The third-order valence-electron chi connectivity index (χ3n) is 6.28. The van der Waals surface area contributed by atoms with Gasteiger partial charge in [0, 0.05) is 18.3 Å². The molecule has 0 aromatic heterocycles. The van der Waals surface area contributed by atoms with Crippen molar-refractivity contribution in [3.05, 3.63) is 29.8 Å². The lowest BCUT2D eigenvalue weighted by molar-refractivity contribution is -0.138. The monoisotopic (exact) mass is 415 g/mol. The van der Waals surface area contributed by atoms with Crippen LogP contribution in [0.5, 0.6) is 0 Å². The molecule has 1 aliphatic heterocycles. The van der Waals surface area contributed by atoms with E-state index in [1.807, 2.05) is 25.1 Å². The molecule has 1 aromatic rings. The maximum atomic E-state index is 12.4. The summed E-state index contributed by atoms with van der Waals surface area (Å²) in [7, 11) is 2.15. The van der Waals surface area contributed by atoms with Crippen LogP contribution < -0.4 is 16.1 Å². The molecule has 2 fully saturated rings. The SMILES string of the molecule is CCC1(C)NC(=O)N(NC(=O)CNc2ccccc2CN(C)C2CCCCC2)C1=O. The van der Waals surface area contributed by atoms with Crippen molar-refractivity contribution in [3.63, 3.8) is 0 Å². The van der Waals surface area contributed by atoms with Gasteiger partial charge in [-0.15, -0.1) is 0 Å². The third-order valence-corrected chi connectivity index (χ3v) is 6.28. The first-order chi connectivity index (χ1) is 14.3. The van der Waals surface area contributed by atoms with Gasteiger partial charge in [-0.3, -0.25) is 19.9 Å². The second-order valence-corrected chi connectivity index (χ2v) is 8.51. The first-order valence-electron chi connectivity index (χ1n) is 10.8. The Labute approximate surface area is 178 Å². The van der Waals surface area contributed by atoms with Crippen LogP contribution in [0.4, 0.5) is 10.5 Å². The van der Waals surface area contributed by atoms with Gasteiger partial charge in [0.15, 0.2) is 0 Å². The maximum absolute atomic E-state index is 12.4. The second kappa shape index (κ2) is 9.47. The van der Waals surface area contributed by atoms with Crippen LogP contribution in [0.2, 0.25) is 0 Å². The highest BCUT2D eigenvalue weighted by atomic mass is 16.2. The highest BCUT2D eigenvalue weighted by molar-refractivity contribution is 6.07. The molecule has 164 valence electrons. The summed E-state index contributed by atoms with van der Waals surface area (Å²) < 4.78 is 0. The lowest BCUT2D eigenvalue weighted by Crippen LogP contribution is -2.50. The molecule has 1 saturated carbocycles. The highest BCUT2D eigenvalue weighted by Crippen LogP contribution is 2.25. The number of benzene rings is 1. The van der Waals surface area contributed by atoms with Crippen molar-refractivity contribution >= 4 is 23.5 Å². The number of para-hydroxylation sites is 1. The van der Waals surface area contributed by atoms with Gasteiger partial charge >= 0.3 is 6.03 Å². The number of imide groups is 1. The molecule has 3 N–H and O–H groups in total. The Hall–Kier alpha value is -2.61. The maximum Gasteiger partial charge on any atom is 0.344 e. The molecule has 1 aliphatic carbocycles. The molecule has 0 radical (unpaired) electrons. The summed E-state index contributed by atoms with van der Waals surface area (Å²) in [5, 5.41) is 6.54. The van der Waals surface area contributed by atoms with Crippen LogP contribution in [-0.4, -0.2) is 52.9 Å². The quantitative estimate of drug-likeness (QED) is 0.568. The van der Waals surface area contributed by atoms with Gasteiger partial charge in [0.25, 0.3) is 11.8 Å². The number of anilines is 1. The van der Waals surface area contributed by atoms with E-state index in [-0.39, 0.29) is 6.54 Å². The van der Waals surface area contributed by atoms with Crippen LogP contribution in [0.1, 0.15) is 57.9 Å². The Morgan fingerprint density at radius 2 is 1.93 bits per heavy atom. The van der Waals surface area contributed by atoms with Crippen LogP contribution >= 0.6 is 0 Å². The summed E-state index contributed by atoms with van der Waals surface area (Å²) in [6.07, 6.45) is 6.81. The number of rotatable bonds is 8. The molecule has 1 saturated heterocycles. The molecule has 3 rings (SSSR count). The van der Waals surface area contributed by atoms with E-state index < -0.39 is 23.4 Å². The lowest BCUT2D eigenvalue weighted by atomic mass is 9.94. The van der Waals surface area contributed by atoms with E-state index in [2.05, 4.69) is 34.1 Å². The van der Waals surface area contributed by atoms with E-state index in [4.69, 9.17) is 0 Å². The summed E-state index contributed by atoms with van der Waals surface area (Å²) in [5.41, 5.74) is 3.43. The minimum atomic E-state index is -0.978. The summed E-state index contributed by atoms with van der Waals surface area (Å²) in [4.78, 5) is 39.2. The zero-order valence-electron chi connectivity index (χ0n) is 18.2. The molecule has 2 aliphatic rings. The van der Waals surface area contributed by atoms with Gasteiger partial charge in [0.05, 0.1) is 6.54 Å². The minimum Gasteiger partial charge on any atom is -0.376 e. The van der Waals surface area contributed by atoms with Crippen molar-refractivity contribution in [2.24, 2.45) is 0 Å². The van der Waals surface area contributed by atoms with Gasteiger partial charge in [0.1, 0.15) is 5.54 Å². The van der Waals surface area contributed by atoms with Gasteiger partial charge in [-0.2, -0.15) is 5.01 Å². The average Bonchev–Trinajstić information content (AvgIpc) is 2.97. The number of amides is 4. The molecule has 0 spiro atoms. The normalized spacial score (nSPS) is 22.3. The van der Waals surface area contributed by atoms with Gasteiger partial charge < -0.3 is 10.6 Å². The topological polar surface area (TPSA) is 93.8 Å². The van der Waals surface area contributed by atoms with E-state index in [0.29, 0.717) is 12.5 Å². The summed E-state index contributed by atoms with van der Waals surface area (Å²) in [6.45, 7) is 4.23. The number of carbonyl (C=O) groups excluding carboxylic acids is 3. The Kier molecular flexibility index (Phi) is 6.97. The molecule has 8 heteroatoms. The fourth-order valence-corrected chi connectivity index (χ4v) is 4.12. The van der Waals surface area contributed by atoms with E-state index in [1.165, 1.54) is 32.1 Å². The standard InChI is InChI=1S/C22H33N5O3/c1-4-22(2)20(29)27(21(30)24-22)25-19(28)14-23-18-13-9-8-10-16(18)15-26(3)17-11-6-5-7-12-17/h8-10,13,17,23H,4-7,11-12,14-15H2,1-3H3,(H,24,30)(H,25,28). The van der Waals surface area contributed by atoms with Gasteiger partial charge in [-0.25, -0.2) is 4.79 Å². The smallest absolute Gasteiger partial charge is 0.344 e. The number of nitrogens with one attached hydrogen (secondary N) is 3. The predicted octanol–water partition coefficient (Wildman–Crippen LogP) is 2.61. The van der Waals surface area contributed by atoms with Crippen molar-refractivity contribution in [1.29, 1.82) is 0 Å². The van der Waals surface area contributed by atoms with Gasteiger partial charge in [-0.1, -0.05) is 44.4 Å². The lowest BCUT2D eigenvalue weighted by Gasteiger charge is -2.31. The summed E-state index contributed by atoms with van der Waals surface area (Å²) in [6, 6.07) is 7.92.